The molecule has 1 fully saturated rings. The number of nitrogens with one attached hydrogen (secondary N) is 3. The molecule has 2 amide bonds. The second kappa shape index (κ2) is 12.7. The smallest absolute Gasteiger partial charge is 0.407 e. The van der Waals surface area contributed by atoms with Gasteiger partial charge in [0, 0.05) is 50.4 Å². The van der Waals surface area contributed by atoms with Crippen molar-refractivity contribution in [2.75, 3.05) is 44.1 Å². The fourth-order valence-electron chi connectivity index (χ4n) is 4.55. The van der Waals surface area contributed by atoms with Crippen LogP contribution in [-0.2, 0) is 16.6 Å². The van der Waals surface area contributed by atoms with Crippen LogP contribution < -0.4 is 35.9 Å². The van der Waals surface area contributed by atoms with Crippen molar-refractivity contribution < 1.29 is 23.8 Å². The third-order valence-corrected chi connectivity index (χ3v) is 6.87. The Hall–Kier alpha value is -4.26. The molecular formula is C28H36ClN7O6. The Labute approximate surface area is 248 Å². The van der Waals surface area contributed by atoms with Gasteiger partial charge in [-0.1, -0.05) is 11.6 Å². The van der Waals surface area contributed by atoms with Crippen molar-refractivity contribution in [1.29, 1.82) is 0 Å². The Morgan fingerprint density at radius 3 is 2.50 bits per heavy atom. The number of aromatic nitrogens is 3. The molecule has 1 aliphatic heterocycles. The van der Waals surface area contributed by atoms with Crippen molar-refractivity contribution in [1.82, 2.24) is 25.2 Å². The molecule has 4 rings (SSSR count). The van der Waals surface area contributed by atoms with Crippen LogP contribution in [0.25, 0.3) is 10.9 Å². The van der Waals surface area contributed by atoms with Crippen molar-refractivity contribution in [2.45, 2.75) is 45.3 Å². The van der Waals surface area contributed by atoms with Crippen molar-refractivity contribution in [2.24, 2.45) is 7.05 Å². The Kier molecular flexibility index (Phi) is 9.30. The van der Waals surface area contributed by atoms with Gasteiger partial charge in [-0.25, -0.2) is 9.78 Å². The van der Waals surface area contributed by atoms with Crippen LogP contribution >= 0.6 is 11.6 Å². The van der Waals surface area contributed by atoms with Gasteiger partial charge in [0.2, 0.25) is 5.95 Å². The highest BCUT2D eigenvalue weighted by Gasteiger charge is 2.25. The van der Waals surface area contributed by atoms with E-state index in [0.717, 1.165) is 0 Å². The summed E-state index contributed by atoms with van der Waals surface area (Å²) in [6, 6.07) is 5.10. The summed E-state index contributed by atoms with van der Waals surface area (Å²) in [5.74, 6) is 0.996. The van der Waals surface area contributed by atoms with E-state index >= 15 is 0 Å². The zero-order chi connectivity index (χ0) is 30.6. The molecule has 0 radical (unpaired) electrons. The third-order valence-electron chi connectivity index (χ3n) is 6.59. The number of benzene rings is 1. The number of piperidine rings is 1. The zero-order valence-electron chi connectivity index (χ0n) is 24.5. The van der Waals surface area contributed by atoms with E-state index in [0.29, 0.717) is 65.1 Å². The van der Waals surface area contributed by atoms with Crippen molar-refractivity contribution in [3.63, 3.8) is 0 Å². The Morgan fingerprint density at radius 2 is 1.86 bits per heavy atom. The van der Waals surface area contributed by atoms with Gasteiger partial charge in [0.15, 0.2) is 18.2 Å². The molecule has 0 saturated carbocycles. The zero-order valence-corrected chi connectivity index (χ0v) is 25.3. The fraction of sp³-hybridized carbons (Fsp3) is 0.464. The number of aryl methyl sites for hydroxylation is 1. The summed E-state index contributed by atoms with van der Waals surface area (Å²) in [4.78, 5) is 47.8. The van der Waals surface area contributed by atoms with E-state index in [1.165, 1.54) is 24.9 Å². The van der Waals surface area contributed by atoms with E-state index in [4.69, 9.17) is 25.8 Å². The van der Waals surface area contributed by atoms with Gasteiger partial charge in [0.1, 0.15) is 16.4 Å². The molecular weight excluding hydrogens is 566 g/mol. The molecule has 42 heavy (non-hydrogen) atoms. The minimum atomic E-state index is -0.556. The lowest BCUT2D eigenvalue weighted by molar-refractivity contribution is -0.122. The first-order valence-electron chi connectivity index (χ1n) is 13.5. The average Bonchev–Trinajstić information content (AvgIpc) is 2.94. The predicted molar refractivity (Wildman–Crippen MR) is 160 cm³/mol. The van der Waals surface area contributed by atoms with Gasteiger partial charge in [0.05, 0.1) is 18.8 Å². The topological polar surface area (TPSA) is 149 Å². The molecule has 14 heteroatoms. The van der Waals surface area contributed by atoms with E-state index in [1.54, 1.807) is 25.2 Å². The number of likely N-dealkylation sites (N-methyl/N-ethyl adjacent to an activating group) is 1. The number of fused-ring (bicyclic) bond motifs is 1. The summed E-state index contributed by atoms with van der Waals surface area (Å²) in [5.41, 5.74) is 0.193. The second-order valence-electron chi connectivity index (χ2n) is 10.9. The molecule has 3 N–H and O–H groups in total. The number of anilines is 3. The van der Waals surface area contributed by atoms with Crippen LogP contribution in [0.4, 0.5) is 22.2 Å². The molecule has 3 aromatic rings. The monoisotopic (exact) mass is 601 g/mol. The average molecular weight is 602 g/mol. The van der Waals surface area contributed by atoms with Crippen molar-refractivity contribution >= 4 is 52.0 Å². The van der Waals surface area contributed by atoms with Gasteiger partial charge in [-0.05, 0) is 45.7 Å². The predicted octanol–water partition coefficient (Wildman–Crippen LogP) is 3.35. The first-order chi connectivity index (χ1) is 19.9. The van der Waals surface area contributed by atoms with E-state index in [1.807, 2.05) is 25.7 Å². The quantitative estimate of drug-likeness (QED) is 0.351. The summed E-state index contributed by atoms with van der Waals surface area (Å²) >= 11 is 6.46. The molecule has 13 nitrogen and oxygen atoms in total. The van der Waals surface area contributed by atoms with Crippen LogP contribution in [-0.4, -0.2) is 72.0 Å². The van der Waals surface area contributed by atoms with E-state index in [9.17, 15) is 14.4 Å². The number of ether oxygens (including phenoxy) is 3. The van der Waals surface area contributed by atoms with E-state index in [-0.39, 0.29) is 24.3 Å². The van der Waals surface area contributed by atoms with Crippen LogP contribution in [0.15, 0.2) is 29.2 Å². The number of halogens is 1. The molecule has 0 aliphatic carbocycles. The van der Waals surface area contributed by atoms with Gasteiger partial charge in [-0.15, -0.1) is 0 Å². The number of hydrogen-bond donors (Lipinski definition) is 3. The number of pyridine rings is 1. The molecule has 0 bridgehead atoms. The first-order valence-corrected chi connectivity index (χ1v) is 13.9. The number of nitrogens with zero attached hydrogens (tertiary/aromatic N) is 4. The molecule has 3 heterocycles. The second-order valence-corrected chi connectivity index (χ2v) is 11.3. The Morgan fingerprint density at radius 1 is 1.14 bits per heavy atom. The fourth-order valence-corrected chi connectivity index (χ4v) is 4.69. The molecule has 226 valence electrons. The number of alkyl carbamates (subject to hydrolysis) is 1. The number of methoxy groups -OCH3 is 1. The highest BCUT2D eigenvalue weighted by atomic mass is 35.5. The first kappa shape index (κ1) is 30.7. The van der Waals surface area contributed by atoms with Crippen LogP contribution in [0.1, 0.15) is 33.6 Å². The minimum absolute atomic E-state index is 0.00718. The summed E-state index contributed by atoms with van der Waals surface area (Å²) in [6.07, 6.45) is 2.52. The van der Waals surface area contributed by atoms with Gasteiger partial charge in [-0.2, -0.15) is 4.98 Å². The number of carbonyl (C=O) groups is 2. The van der Waals surface area contributed by atoms with Crippen LogP contribution in [0.2, 0.25) is 5.02 Å². The molecule has 1 saturated heterocycles. The van der Waals surface area contributed by atoms with Gasteiger partial charge in [0.25, 0.3) is 11.5 Å². The number of amides is 2. The highest BCUT2D eigenvalue weighted by molar-refractivity contribution is 6.32. The highest BCUT2D eigenvalue weighted by Crippen LogP contribution is 2.33. The Balaban J connectivity index is 1.53. The largest absolute Gasteiger partial charge is 0.494 e. The number of hydrogen-bond acceptors (Lipinski definition) is 10. The van der Waals surface area contributed by atoms with Gasteiger partial charge >= 0.3 is 6.09 Å². The Bertz CT molecular complexity index is 1530. The summed E-state index contributed by atoms with van der Waals surface area (Å²) in [5, 5.41) is 9.57. The van der Waals surface area contributed by atoms with Crippen LogP contribution in [0.3, 0.4) is 0 Å². The number of carbonyl (C=O) groups excluding carboxylic acids is 2. The molecule has 0 spiro atoms. The maximum Gasteiger partial charge on any atom is 0.407 e. The molecule has 0 unspecified atom stereocenters. The molecule has 1 aliphatic rings. The van der Waals surface area contributed by atoms with Crippen LogP contribution in [0.5, 0.6) is 11.5 Å². The maximum absolute atomic E-state index is 12.9. The van der Waals surface area contributed by atoms with Crippen molar-refractivity contribution in [3.05, 3.63) is 39.8 Å². The SMILES string of the molecule is CNC(=O)COc1cc2cc(Nc3nc(N4CCC(NC(=O)OC(C)(C)C)CC4)ncc3Cl)cc(OC)c2n(C)c1=O. The van der Waals surface area contributed by atoms with Crippen molar-refractivity contribution in [3.8, 4) is 11.5 Å². The summed E-state index contributed by atoms with van der Waals surface area (Å²) in [6.45, 7) is 6.47. The number of rotatable bonds is 8. The van der Waals surface area contributed by atoms with E-state index < -0.39 is 17.3 Å². The lowest BCUT2D eigenvalue weighted by Crippen LogP contribution is -2.46. The van der Waals surface area contributed by atoms with Gasteiger partial charge in [-0.3, -0.25) is 9.59 Å². The lowest BCUT2D eigenvalue weighted by atomic mass is 10.1. The third kappa shape index (κ3) is 7.32. The molecule has 1 aromatic carbocycles. The maximum atomic E-state index is 12.9. The molecule has 0 atom stereocenters. The van der Waals surface area contributed by atoms with E-state index in [2.05, 4.69) is 25.9 Å². The normalized spacial score (nSPS) is 13.9. The molecule has 2 aromatic heterocycles. The van der Waals surface area contributed by atoms with Gasteiger partial charge < -0.3 is 39.6 Å². The lowest BCUT2D eigenvalue weighted by Gasteiger charge is -2.33. The van der Waals surface area contributed by atoms with Crippen LogP contribution in [0, 0.1) is 0 Å². The summed E-state index contributed by atoms with van der Waals surface area (Å²) < 4.78 is 17.8. The standard InChI is InChI=1S/C28H36ClN7O6/c1-28(2,3)42-27(39)33-17-7-9-36(10-8-17)26-31-14-19(29)24(34-26)32-18-11-16-12-21(41-15-22(37)30-4)25(38)35(5)23(16)20(13-18)40-6/h11-14,17H,7-10,15H2,1-6H3,(H,30,37)(H,33,39)(H,31,32,34). The minimum Gasteiger partial charge on any atom is -0.494 e. The summed E-state index contributed by atoms with van der Waals surface area (Å²) in [7, 11) is 4.60.